The monoisotopic (exact) mass is 328 g/mol. The third-order valence-electron chi connectivity index (χ3n) is 6.05. The maximum atomic E-state index is 12.6. The summed E-state index contributed by atoms with van der Waals surface area (Å²) in [6.45, 7) is 0. The molecule has 1 amide bonds. The van der Waals surface area contributed by atoms with Crippen molar-refractivity contribution in [3.8, 4) is 0 Å². The first-order valence-corrected chi connectivity index (χ1v) is 9.24. The lowest BCUT2D eigenvalue weighted by Gasteiger charge is -2.33. The lowest BCUT2D eigenvalue weighted by molar-refractivity contribution is -0.133. The first kappa shape index (κ1) is 18.1. The molecule has 2 unspecified atom stereocenters. The molecule has 2 aliphatic heterocycles. The summed E-state index contributed by atoms with van der Waals surface area (Å²) >= 11 is 0. The fraction of sp³-hybridized carbons (Fsp3) is 0.944. The number of hydrogen-bond acceptors (Lipinski definition) is 2. The Labute approximate surface area is 142 Å². The summed E-state index contributed by atoms with van der Waals surface area (Å²) in [4.78, 5) is 14.8. The smallest absolute Gasteiger partial charge is 0.222 e. The van der Waals surface area contributed by atoms with Crippen molar-refractivity contribution >= 4 is 18.3 Å². The number of hydrogen-bond donors (Lipinski definition) is 1. The van der Waals surface area contributed by atoms with Gasteiger partial charge in [-0.15, -0.1) is 12.4 Å². The lowest BCUT2D eigenvalue weighted by Crippen LogP contribution is -2.42. The summed E-state index contributed by atoms with van der Waals surface area (Å²) in [5.74, 6) is 1.04. The van der Waals surface area contributed by atoms with E-state index >= 15 is 0 Å². The molecule has 1 aliphatic carbocycles. The minimum atomic E-state index is 0. The molecule has 2 saturated heterocycles. The summed E-state index contributed by atoms with van der Waals surface area (Å²) in [7, 11) is 2.06. The second kappa shape index (κ2) is 8.54. The van der Waals surface area contributed by atoms with E-state index in [0.717, 1.165) is 6.42 Å². The van der Waals surface area contributed by atoms with Gasteiger partial charge in [0.1, 0.15) is 0 Å². The van der Waals surface area contributed by atoms with Gasteiger partial charge >= 0.3 is 0 Å². The molecule has 1 saturated carbocycles. The fourth-order valence-corrected chi connectivity index (χ4v) is 4.76. The summed E-state index contributed by atoms with van der Waals surface area (Å²) < 4.78 is 0. The Hall–Kier alpha value is -0.280. The molecule has 22 heavy (non-hydrogen) atoms. The van der Waals surface area contributed by atoms with Gasteiger partial charge in [-0.3, -0.25) is 4.79 Å². The Morgan fingerprint density at radius 1 is 0.955 bits per heavy atom. The van der Waals surface area contributed by atoms with Gasteiger partial charge in [0.2, 0.25) is 5.91 Å². The number of carbonyl (C=O) groups is 1. The number of nitrogens with zero attached hydrogens (tertiary/aromatic N) is 1. The van der Waals surface area contributed by atoms with Gasteiger partial charge < -0.3 is 10.2 Å². The molecule has 3 rings (SSSR count). The van der Waals surface area contributed by atoms with Crippen molar-refractivity contribution in [1.29, 1.82) is 0 Å². The van der Waals surface area contributed by atoms with E-state index in [0.29, 0.717) is 30.0 Å². The van der Waals surface area contributed by atoms with E-state index in [1.54, 1.807) is 0 Å². The van der Waals surface area contributed by atoms with Crippen molar-refractivity contribution < 1.29 is 4.79 Å². The topological polar surface area (TPSA) is 32.3 Å². The van der Waals surface area contributed by atoms with E-state index in [1.807, 2.05) is 0 Å². The van der Waals surface area contributed by atoms with Gasteiger partial charge in [-0.05, 0) is 44.4 Å². The van der Waals surface area contributed by atoms with Gasteiger partial charge in [-0.1, -0.05) is 32.1 Å². The normalized spacial score (nSPS) is 32.7. The van der Waals surface area contributed by atoms with Crippen LogP contribution in [-0.2, 0) is 4.79 Å². The molecule has 128 valence electrons. The number of fused-ring (bicyclic) bond motifs is 2. The largest absolute Gasteiger partial charge is 0.343 e. The summed E-state index contributed by atoms with van der Waals surface area (Å²) in [6, 6.07) is 1.91. The number of piperidine rings is 1. The second-order valence-electron chi connectivity index (χ2n) is 7.68. The van der Waals surface area contributed by atoms with E-state index in [9.17, 15) is 4.79 Å². The maximum Gasteiger partial charge on any atom is 0.222 e. The Bertz CT molecular complexity index is 343. The molecule has 0 aromatic heterocycles. The van der Waals surface area contributed by atoms with Crippen LogP contribution < -0.4 is 5.32 Å². The van der Waals surface area contributed by atoms with E-state index < -0.39 is 0 Å². The van der Waals surface area contributed by atoms with Crippen LogP contribution in [0, 0.1) is 5.92 Å². The molecular formula is C18H33ClN2O. The zero-order chi connectivity index (χ0) is 14.7. The lowest BCUT2D eigenvalue weighted by atomic mass is 9.88. The first-order chi connectivity index (χ1) is 10.2. The third kappa shape index (κ3) is 4.61. The minimum Gasteiger partial charge on any atom is -0.343 e. The molecule has 2 bridgehead atoms. The van der Waals surface area contributed by atoms with Crippen LogP contribution in [0.3, 0.4) is 0 Å². The quantitative estimate of drug-likeness (QED) is 0.852. The van der Waals surface area contributed by atoms with Crippen molar-refractivity contribution in [2.75, 3.05) is 7.05 Å². The van der Waals surface area contributed by atoms with Crippen molar-refractivity contribution in [2.45, 2.75) is 95.2 Å². The predicted molar refractivity (Wildman–Crippen MR) is 93.4 cm³/mol. The van der Waals surface area contributed by atoms with Gasteiger partial charge in [-0.2, -0.15) is 0 Å². The standard InChI is InChI=1S/C18H32N2O.ClH/c1-20(17-7-5-3-2-4-6-8-17)18(21)13-14-11-15-9-10-16(12-14)19-15;/h14-17,19H,2-13H2,1H3;1H. The van der Waals surface area contributed by atoms with E-state index in [1.165, 1.54) is 70.6 Å². The highest BCUT2D eigenvalue weighted by molar-refractivity contribution is 5.85. The first-order valence-electron chi connectivity index (χ1n) is 9.24. The molecule has 2 atom stereocenters. The number of carbonyl (C=O) groups excluding carboxylic acids is 1. The predicted octanol–water partition coefficient (Wildman–Crippen LogP) is 3.90. The van der Waals surface area contributed by atoms with Gasteiger partial charge in [0.15, 0.2) is 0 Å². The molecule has 4 heteroatoms. The molecule has 0 radical (unpaired) electrons. The average molecular weight is 329 g/mol. The Balaban J connectivity index is 0.00000176. The van der Waals surface area contributed by atoms with E-state index in [-0.39, 0.29) is 12.4 Å². The molecule has 0 aromatic carbocycles. The Morgan fingerprint density at radius 3 is 2.09 bits per heavy atom. The van der Waals surface area contributed by atoms with Crippen LogP contribution in [0.15, 0.2) is 0 Å². The zero-order valence-electron chi connectivity index (χ0n) is 14.1. The zero-order valence-corrected chi connectivity index (χ0v) is 14.9. The molecule has 1 N–H and O–H groups in total. The van der Waals surface area contributed by atoms with Gasteiger partial charge in [-0.25, -0.2) is 0 Å². The van der Waals surface area contributed by atoms with E-state index in [2.05, 4.69) is 17.3 Å². The molecule has 3 aliphatic rings. The van der Waals surface area contributed by atoms with Crippen LogP contribution in [0.2, 0.25) is 0 Å². The third-order valence-corrected chi connectivity index (χ3v) is 6.05. The van der Waals surface area contributed by atoms with Crippen molar-refractivity contribution in [3.63, 3.8) is 0 Å². The van der Waals surface area contributed by atoms with Crippen molar-refractivity contribution in [2.24, 2.45) is 5.92 Å². The Morgan fingerprint density at radius 2 is 1.50 bits per heavy atom. The van der Waals surface area contributed by atoms with Crippen LogP contribution in [0.25, 0.3) is 0 Å². The molecule has 3 fully saturated rings. The molecule has 3 nitrogen and oxygen atoms in total. The SMILES string of the molecule is CN(C(=O)CC1CC2CCC(C1)N2)C1CCCCCCC1.Cl. The summed E-state index contributed by atoms with van der Waals surface area (Å²) in [5, 5.41) is 3.68. The number of nitrogens with one attached hydrogen (secondary N) is 1. The van der Waals surface area contributed by atoms with Crippen molar-refractivity contribution in [1.82, 2.24) is 10.2 Å². The van der Waals surface area contributed by atoms with Crippen LogP contribution in [-0.4, -0.2) is 36.0 Å². The highest BCUT2D eigenvalue weighted by Gasteiger charge is 2.35. The molecule has 2 heterocycles. The molecular weight excluding hydrogens is 296 g/mol. The Kier molecular flexibility index (Phi) is 7.01. The summed E-state index contributed by atoms with van der Waals surface area (Å²) in [6.07, 6.45) is 15.1. The minimum absolute atomic E-state index is 0. The van der Waals surface area contributed by atoms with Crippen LogP contribution in [0.5, 0.6) is 0 Å². The van der Waals surface area contributed by atoms with Gasteiger partial charge in [0, 0.05) is 31.6 Å². The average Bonchev–Trinajstić information content (AvgIpc) is 2.77. The summed E-state index contributed by atoms with van der Waals surface area (Å²) in [5.41, 5.74) is 0. The molecule has 0 aromatic rings. The van der Waals surface area contributed by atoms with E-state index in [4.69, 9.17) is 0 Å². The number of amides is 1. The second-order valence-corrected chi connectivity index (χ2v) is 7.68. The fourth-order valence-electron chi connectivity index (χ4n) is 4.76. The van der Waals surface area contributed by atoms with Crippen LogP contribution in [0.4, 0.5) is 0 Å². The van der Waals surface area contributed by atoms with Crippen molar-refractivity contribution in [3.05, 3.63) is 0 Å². The van der Waals surface area contributed by atoms with Gasteiger partial charge in [0.25, 0.3) is 0 Å². The van der Waals surface area contributed by atoms with Crippen LogP contribution >= 0.6 is 12.4 Å². The maximum absolute atomic E-state index is 12.6. The number of rotatable bonds is 3. The van der Waals surface area contributed by atoms with Crippen LogP contribution in [0.1, 0.15) is 77.0 Å². The van der Waals surface area contributed by atoms with Gasteiger partial charge in [0.05, 0.1) is 0 Å². The molecule has 0 spiro atoms. The highest BCUT2D eigenvalue weighted by atomic mass is 35.5. The highest BCUT2D eigenvalue weighted by Crippen LogP contribution is 2.33. The number of halogens is 1.